The molecule has 1 aromatic heterocycles. The van der Waals surface area contributed by atoms with Crippen LogP contribution in [0.25, 0.3) is 0 Å². The first-order valence-corrected chi connectivity index (χ1v) is 3.66. The summed E-state index contributed by atoms with van der Waals surface area (Å²) >= 11 is 0. The monoisotopic (exact) mass is 224 g/mol. The lowest BCUT2D eigenvalue weighted by molar-refractivity contribution is -0.613. The van der Waals surface area contributed by atoms with Crippen molar-refractivity contribution in [1.82, 2.24) is 5.32 Å². The minimum Gasteiger partial charge on any atom is -0.619 e. The smallest absolute Gasteiger partial charge is 0.194 e. The molecule has 0 spiro atoms. The van der Waals surface area contributed by atoms with E-state index in [2.05, 4.69) is 5.32 Å². The third-order valence-corrected chi connectivity index (χ3v) is 1.54. The minimum absolute atomic E-state index is 0. The predicted molar refractivity (Wildman–Crippen MR) is 57.5 cm³/mol. The predicted octanol–water partition coefficient (Wildman–Crippen LogP) is 0.925. The van der Waals surface area contributed by atoms with E-state index in [0.29, 0.717) is 0 Å². The zero-order chi connectivity index (χ0) is 8.10. The molecule has 0 amide bonds. The van der Waals surface area contributed by atoms with Crippen LogP contribution >= 0.6 is 24.8 Å². The zero-order valence-electron chi connectivity index (χ0n) is 7.40. The summed E-state index contributed by atoms with van der Waals surface area (Å²) in [5.41, 5.74) is 0.807. The quantitative estimate of drug-likeness (QED) is 0.613. The summed E-state index contributed by atoms with van der Waals surface area (Å²) in [6, 6.07) is 5.44. The highest BCUT2D eigenvalue weighted by atomic mass is 35.5. The molecule has 1 heterocycles. The fourth-order valence-electron chi connectivity index (χ4n) is 0.910. The van der Waals surface area contributed by atoms with Crippen LogP contribution in [0, 0.1) is 5.21 Å². The van der Waals surface area contributed by atoms with Gasteiger partial charge in [0.15, 0.2) is 11.9 Å². The molecule has 0 bridgehead atoms. The van der Waals surface area contributed by atoms with Gasteiger partial charge in [-0.05, 0) is 7.05 Å². The van der Waals surface area contributed by atoms with E-state index in [9.17, 15) is 5.21 Å². The molecule has 1 rings (SSSR count). The van der Waals surface area contributed by atoms with Gasteiger partial charge in [0.1, 0.15) is 0 Å². The highest BCUT2D eigenvalue weighted by Crippen LogP contribution is 1.90. The third kappa shape index (κ3) is 4.93. The van der Waals surface area contributed by atoms with Crippen LogP contribution in [0.15, 0.2) is 24.4 Å². The van der Waals surface area contributed by atoms with Gasteiger partial charge in [-0.3, -0.25) is 0 Å². The first-order valence-electron chi connectivity index (χ1n) is 3.66. The fourth-order valence-corrected chi connectivity index (χ4v) is 0.910. The topological polar surface area (TPSA) is 39.0 Å². The molecule has 0 aliphatic carbocycles. The molecule has 1 N–H and O–H groups in total. The molecule has 0 fully saturated rings. The largest absolute Gasteiger partial charge is 0.619 e. The van der Waals surface area contributed by atoms with Crippen LogP contribution in [0.3, 0.4) is 0 Å². The number of pyridine rings is 1. The van der Waals surface area contributed by atoms with Gasteiger partial charge in [0.05, 0.1) is 0 Å². The zero-order valence-corrected chi connectivity index (χ0v) is 9.03. The summed E-state index contributed by atoms with van der Waals surface area (Å²) in [4.78, 5) is 0. The normalized spacial score (nSPS) is 8.38. The summed E-state index contributed by atoms with van der Waals surface area (Å²) in [6.07, 6.45) is 2.30. The number of likely N-dealkylation sites (N-methyl/N-ethyl adjacent to an activating group) is 1. The van der Waals surface area contributed by atoms with Crippen LogP contribution in [0.2, 0.25) is 0 Å². The molecule has 0 aliphatic rings. The van der Waals surface area contributed by atoms with Gasteiger partial charge >= 0.3 is 0 Å². The van der Waals surface area contributed by atoms with Crippen molar-refractivity contribution in [3.05, 3.63) is 35.3 Å². The van der Waals surface area contributed by atoms with Crippen molar-refractivity contribution in [2.24, 2.45) is 0 Å². The summed E-state index contributed by atoms with van der Waals surface area (Å²) in [5.74, 6) is 0. The van der Waals surface area contributed by atoms with E-state index >= 15 is 0 Å². The Hall–Kier alpha value is -0.510. The van der Waals surface area contributed by atoms with Crippen LogP contribution in [0.1, 0.15) is 5.69 Å². The third-order valence-electron chi connectivity index (χ3n) is 1.54. The van der Waals surface area contributed by atoms with Crippen LogP contribution in [0.5, 0.6) is 0 Å². The number of nitrogens with zero attached hydrogens (tertiary/aromatic N) is 1. The molecule has 5 heteroatoms. The van der Waals surface area contributed by atoms with Crippen molar-refractivity contribution >= 4 is 24.8 Å². The molecule has 13 heavy (non-hydrogen) atoms. The average Bonchev–Trinajstić information content (AvgIpc) is 2.03. The van der Waals surface area contributed by atoms with E-state index in [4.69, 9.17) is 0 Å². The van der Waals surface area contributed by atoms with Gasteiger partial charge in [-0.1, -0.05) is 6.07 Å². The van der Waals surface area contributed by atoms with Gasteiger partial charge in [-0.25, -0.2) is 0 Å². The number of hydrogen-bond acceptors (Lipinski definition) is 2. The van der Waals surface area contributed by atoms with E-state index in [0.717, 1.165) is 23.4 Å². The molecule has 0 atom stereocenters. The molecule has 0 saturated carbocycles. The number of aromatic nitrogens is 1. The number of halogens is 2. The van der Waals surface area contributed by atoms with Crippen LogP contribution in [-0.2, 0) is 6.42 Å². The van der Waals surface area contributed by atoms with E-state index < -0.39 is 0 Å². The highest BCUT2D eigenvalue weighted by molar-refractivity contribution is 5.85. The van der Waals surface area contributed by atoms with Gasteiger partial charge < -0.3 is 10.5 Å². The maximum atomic E-state index is 11.0. The molecule has 0 aromatic carbocycles. The standard InChI is InChI=1S/C8H12N2O.2ClH/c1-9-6-5-8-4-2-3-7-10(8)11;;/h2-4,7,9H,5-6H2,1H3;2*1H. The molecule has 0 unspecified atom stereocenters. The van der Waals surface area contributed by atoms with Gasteiger partial charge in [-0.2, -0.15) is 4.73 Å². The Morgan fingerprint density at radius 2 is 2.08 bits per heavy atom. The first kappa shape index (κ1) is 15.0. The van der Waals surface area contributed by atoms with E-state index in [1.54, 1.807) is 6.07 Å². The Labute approximate surface area is 90.6 Å². The van der Waals surface area contributed by atoms with E-state index in [-0.39, 0.29) is 24.8 Å². The number of hydrogen-bond donors (Lipinski definition) is 1. The Kier molecular flexibility index (Phi) is 9.34. The van der Waals surface area contributed by atoms with Gasteiger partial charge in [0.25, 0.3) is 0 Å². The molecular formula is C8H14Cl2N2O. The highest BCUT2D eigenvalue weighted by Gasteiger charge is 2.00. The van der Waals surface area contributed by atoms with Crippen LogP contribution in [-0.4, -0.2) is 13.6 Å². The maximum absolute atomic E-state index is 11.0. The Morgan fingerprint density at radius 3 is 2.62 bits per heavy atom. The molecular weight excluding hydrogens is 211 g/mol. The molecule has 0 radical (unpaired) electrons. The Bertz CT molecular complexity index is 233. The summed E-state index contributed by atoms with van der Waals surface area (Å²) in [5, 5.41) is 14.0. The second-order valence-corrected chi connectivity index (χ2v) is 2.37. The van der Waals surface area contributed by atoms with Gasteiger partial charge in [0, 0.05) is 25.1 Å². The summed E-state index contributed by atoms with van der Waals surface area (Å²) in [7, 11) is 1.87. The van der Waals surface area contributed by atoms with Crippen molar-refractivity contribution < 1.29 is 4.73 Å². The second-order valence-electron chi connectivity index (χ2n) is 2.37. The van der Waals surface area contributed by atoms with Crippen molar-refractivity contribution in [2.45, 2.75) is 6.42 Å². The van der Waals surface area contributed by atoms with Crippen LogP contribution in [0.4, 0.5) is 0 Å². The van der Waals surface area contributed by atoms with E-state index in [1.807, 2.05) is 19.2 Å². The van der Waals surface area contributed by atoms with Gasteiger partial charge in [-0.15, -0.1) is 24.8 Å². The van der Waals surface area contributed by atoms with Crippen molar-refractivity contribution in [2.75, 3.05) is 13.6 Å². The van der Waals surface area contributed by atoms with Crippen molar-refractivity contribution in [3.63, 3.8) is 0 Å². The molecule has 1 aromatic rings. The molecule has 0 saturated heterocycles. The second kappa shape index (κ2) is 8.10. The van der Waals surface area contributed by atoms with Crippen molar-refractivity contribution in [3.8, 4) is 0 Å². The molecule has 0 aliphatic heterocycles. The summed E-state index contributed by atoms with van der Waals surface area (Å²) < 4.78 is 0.900. The first-order chi connectivity index (χ1) is 5.34. The Balaban J connectivity index is 0. The maximum Gasteiger partial charge on any atom is 0.194 e. The fraction of sp³-hybridized carbons (Fsp3) is 0.375. The van der Waals surface area contributed by atoms with Crippen molar-refractivity contribution in [1.29, 1.82) is 0 Å². The number of rotatable bonds is 3. The minimum atomic E-state index is 0. The molecule has 76 valence electrons. The lowest BCUT2D eigenvalue weighted by atomic mass is 10.3. The number of nitrogens with one attached hydrogen (secondary N) is 1. The average molecular weight is 225 g/mol. The van der Waals surface area contributed by atoms with Crippen LogP contribution < -0.4 is 10.0 Å². The molecule has 3 nitrogen and oxygen atoms in total. The Morgan fingerprint density at radius 1 is 1.38 bits per heavy atom. The lowest BCUT2D eigenvalue weighted by Crippen LogP contribution is -2.32. The SMILES string of the molecule is CNCCc1cccc[n+]1[O-].Cl.Cl. The van der Waals surface area contributed by atoms with Gasteiger partial charge in [0.2, 0.25) is 0 Å². The lowest BCUT2D eigenvalue weighted by Gasteiger charge is -2.02. The van der Waals surface area contributed by atoms with E-state index in [1.165, 1.54) is 6.20 Å². The summed E-state index contributed by atoms with van der Waals surface area (Å²) in [6.45, 7) is 0.840.